The highest BCUT2D eigenvalue weighted by Gasteiger charge is 2.10. The van der Waals surface area contributed by atoms with Gasteiger partial charge in [-0.15, -0.1) is 0 Å². The summed E-state index contributed by atoms with van der Waals surface area (Å²) in [6, 6.07) is 0. The highest BCUT2D eigenvalue weighted by atomic mass is 16.5. The molecule has 0 spiro atoms. The molecule has 0 amide bonds. The van der Waals surface area contributed by atoms with Gasteiger partial charge in [0, 0.05) is 20.2 Å². The number of aliphatic hydroxyl groups excluding tert-OH is 1. The zero-order chi connectivity index (χ0) is 13.4. The SMILES string of the molecule is COC(=O)c1cncc(N(C)CCCCCO)n1. The number of aliphatic hydroxyl groups is 1. The van der Waals surface area contributed by atoms with E-state index in [-0.39, 0.29) is 12.3 Å². The Balaban J connectivity index is 2.57. The Morgan fingerprint density at radius 1 is 1.39 bits per heavy atom. The lowest BCUT2D eigenvalue weighted by molar-refractivity contribution is 0.0593. The topological polar surface area (TPSA) is 75.5 Å². The first kappa shape index (κ1) is 14.4. The first-order valence-electron chi connectivity index (χ1n) is 5.91. The number of anilines is 1. The number of hydrogen-bond donors (Lipinski definition) is 1. The third-order valence-corrected chi connectivity index (χ3v) is 2.56. The van der Waals surface area contributed by atoms with Crippen LogP contribution in [0.25, 0.3) is 0 Å². The standard InChI is InChI=1S/C12H19N3O3/c1-15(6-4-3-5-7-16)11-9-13-8-10(14-11)12(17)18-2/h8-9,16H,3-7H2,1-2H3. The van der Waals surface area contributed by atoms with E-state index in [1.807, 2.05) is 11.9 Å². The highest BCUT2D eigenvalue weighted by molar-refractivity contribution is 5.87. The van der Waals surface area contributed by atoms with Gasteiger partial charge < -0.3 is 14.7 Å². The van der Waals surface area contributed by atoms with E-state index >= 15 is 0 Å². The highest BCUT2D eigenvalue weighted by Crippen LogP contribution is 2.09. The van der Waals surface area contributed by atoms with Gasteiger partial charge in [0.25, 0.3) is 0 Å². The number of ether oxygens (including phenoxy) is 1. The van der Waals surface area contributed by atoms with Gasteiger partial charge >= 0.3 is 5.97 Å². The molecule has 100 valence electrons. The van der Waals surface area contributed by atoms with Gasteiger partial charge in [-0.1, -0.05) is 0 Å². The van der Waals surface area contributed by atoms with Crippen molar-refractivity contribution in [2.24, 2.45) is 0 Å². The van der Waals surface area contributed by atoms with Gasteiger partial charge in [0.1, 0.15) is 5.82 Å². The molecule has 0 unspecified atom stereocenters. The van der Waals surface area contributed by atoms with Crippen molar-refractivity contribution in [3.8, 4) is 0 Å². The van der Waals surface area contributed by atoms with E-state index < -0.39 is 5.97 Å². The van der Waals surface area contributed by atoms with Crippen LogP contribution in [0, 0.1) is 0 Å². The van der Waals surface area contributed by atoms with Gasteiger partial charge in [-0.3, -0.25) is 4.98 Å². The molecule has 6 nitrogen and oxygen atoms in total. The van der Waals surface area contributed by atoms with E-state index in [0.717, 1.165) is 25.8 Å². The van der Waals surface area contributed by atoms with E-state index in [9.17, 15) is 4.79 Å². The second-order valence-electron chi connectivity index (χ2n) is 3.96. The number of carbonyl (C=O) groups excluding carboxylic acids is 1. The Bertz CT molecular complexity index is 385. The van der Waals surface area contributed by atoms with Crippen molar-refractivity contribution >= 4 is 11.8 Å². The van der Waals surface area contributed by atoms with Crippen molar-refractivity contribution < 1.29 is 14.6 Å². The largest absolute Gasteiger partial charge is 0.464 e. The molecule has 0 aromatic carbocycles. The number of hydrogen-bond acceptors (Lipinski definition) is 6. The number of carbonyl (C=O) groups is 1. The summed E-state index contributed by atoms with van der Waals surface area (Å²) in [7, 11) is 3.21. The minimum Gasteiger partial charge on any atom is -0.464 e. The van der Waals surface area contributed by atoms with Crippen molar-refractivity contribution in [2.45, 2.75) is 19.3 Å². The normalized spacial score (nSPS) is 10.2. The molecule has 0 bridgehead atoms. The first-order valence-corrected chi connectivity index (χ1v) is 5.91. The molecule has 1 aromatic heterocycles. The summed E-state index contributed by atoms with van der Waals surface area (Å²) in [6.07, 6.45) is 5.72. The third-order valence-electron chi connectivity index (χ3n) is 2.56. The molecule has 0 fully saturated rings. The summed E-state index contributed by atoms with van der Waals surface area (Å²) in [5.74, 6) is 0.153. The van der Waals surface area contributed by atoms with Crippen LogP contribution in [0.3, 0.4) is 0 Å². The predicted molar refractivity (Wildman–Crippen MR) is 67.6 cm³/mol. The third kappa shape index (κ3) is 4.29. The maximum Gasteiger partial charge on any atom is 0.358 e. The molecule has 0 aliphatic heterocycles. The number of aromatic nitrogens is 2. The molecule has 0 saturated carbocycles. The van der Waals surface area contributed by atoms with Crippen molar-refractivity contribution in [3.05, 3.63) is 18.1 Å². The molecule has 1 N–H and O–H groups in total. The smallest absolute Gasteiger partial charge is 0.358 e. The van der Waals surface area contributed by atoms with Gasteiger partial charge in [-0.25, -0.2) is 9.78 Å². The van der Waals surface area contributed by atoms with E-state index in [1.54, 1.807) is 6.20 Å². The molecule has 1 rings (SSSR count). The molecule has 18 heavy (non-hydrogen) atoms. The number of rotatable bonds is 7. The van der Waals surface area contributed by atoms with Crippen molar-refractivity contribution in [1.29, 1.82) is 0 Å². The first-order chi connectivity index (χ1) is 8.69. The fraction of sp³-hybridized carbons (Fsp3) is 0.583. The second kappa shape index (κ2) is 7.60. The average Bonchev–Trinajstić information content (AvgIpc) is 2.42. The lowest BCUT2D eigenvalue weighted by Gasteiger charge is -2.17. The van der Waals surface area contributed by atoms with Gasteiger partial charge in [0.2, 0.25) is 0 Å². The van der Waals surface area contributed by atoms with Crippen LogP contribution in [0.5, 0.6) is 0 Å². The van der Waals surface area contributed by atoms with Gasteiger partial charge in [0.05, 0.1) is 19.5 Å². The van der Waals surface area contributed by atoms with Gasteiger partial charge in [-0.05, 0) is 19.3 Å². The fourth-order valence-corrected chi connectivity index (χ4v) is 1.49. The van der Waals surface area contributed by atoms with Crippen LogP contribution in [0.1, 0.15) is 29.8 Å². The Morgan fingerprint density at radius 2 is 2.17 bits per heavy atom. The van der Waals surface area contributed by atoms with E-state index in [2.05, 4.69) is 14.7 Å². The van der Waals surface area contributed by atoms with Crippen LogP contribution in [0.2, 0.25) is 0 Å². The summed E-state index contributed by atoms with van der Waals surface area (Å²) in [5, 5.41) is 8.69. The van der Waals surface area contributed by atoms with Crippen LogP contribution < -0.4 is 4.90 Å². The number of unbranched alkanes of at least 4 members (excludes halogenated alkanes) is 2. The minimum atomic E-state index is -0.488. The van der Waals surface area contributed by atoms with Gasteiger partial charge in [-0.2, -0.15) is 0 Å². The maximum atomic E-state index is 11.3. The molecule has 0 aliphatic rings. The minimum absolute atomic E-state index is 0.206. The molecule has 0 atom stereocenters. The van der Waals surface area contributed by atoms with Crippen LogP contribution >= 0.6 is 0 Å². The Morgan fingerprint density at radius 3 is 2.83 bits per heavy atom. The van der Waals surface area contributed by atoms with Crippen LogP contribution in [-0.2, 0) is 4.74 Å². The molecule has 0 radical (unpaired) electrons. The number of methoxy groups -OCH3 is 1. The van der Waals surface area contributed by atoms with Crippen molar-refractivity contribution in [3.63, 3.8) is 0 Å². The number of esters is 1. The molecule has 1 heterocycles. The summed E-state index contributed by atoms with van der Waals surface area (Å²) >= 11 is 0. The molecular weight excluding hydrogens is 234 g/mol. The Labute approximate surface area is 107 Å². The number of nitrogens with zero attached hydrogens (tertiary/aromatic N) is 3. The summed E-state index contributed by atoms with van der Waals surface area (Å²) < 4.78 is 4.60. The molecule has 0 aliphatic carbocycles. The van der Waals surface area contributed by atoms with Crippen molar-refractivity contribution in [1.82, 2.24) is 9.97 Å². The molecule has 6 heteroatoms. The van der Waals surface area contributed by atoms with Crippen LogP contribution in [0.4, 0.5) is 5.82 Å². The van der Waals surface area contributed by atoms with E-state index in [1.165, 1.54) is 13.3 Å². The zero-order valence-electron chi connectivity index (χ0n) is 10.8. The average molecular weight is 253 g/mol. The van der Waals surface area contributed by atoms with Crippen LogP contribution in [0.15, 0.2) is 12.4 Å². The monoisotopic (exact) mass is 253 g/mol. The molecular formula is C12H19N3O3. The fourth-order valence-electron chi connectivity index (χ4n) is 1.49. The lowest BCUT2D eigenvalue weighted by atomic mass is 10.2. The van der Waals surface area contributed by atoms with Crippen LogP contribution in [-0.4, -0.2) is 48.4 Å². The second-order valence-corrected chi connectivity index (χ2v) is 3.96. The summed E-state index contributed by atoms with van der Waals surface area (Å²) in [5.41, 5.74) is 0.206. The van der Waals surface area contributed by atoms with Crippen molar-refractivity contribution in [2.75, 3.05) is 32.2 Å². The van der Waals surface area contributed by atoms with E-state index in [0.29, 0.717) is 5.82 Å². The predicted octanol–water partition coefficient (Wildman–Crippen LogP) is 0.862. The Kier molecular flexibility index (Phi) is 6.07. The molecule has 0 saturated heterocycles. The lowest BCUT2D eigenvalue weighted by Crippen LogP contribution is -2.21. The summed E-state index contributed by atoms with van der Waals surface area (Å²) in [4.78, 5) is 21.4. The maximum absolute atomic E-state index is 11.3. The summed E-state index contributed by atoms with van der Waals surface area (Å²) in [6.45, 7) is 1.03. The van der Waals surface area contributed by atoms with Gasteiger partial charge in [0.15, 0.2) is 5.69 Å². The quantitative estimate of drug-likeness (QED) is 0.574. The zero-order valence-corrected chi connectivity index (χ0v) is 10.8. The van der Waals surface area contributed by atoms with E-state index in [4.69, 9.17) is 5.11 Å². The molecule has 1 aromatic rings. The Hall–Kier alpha value is -1.69.